The number of halogens is 1. The molecule has 5 nitrogen and oxygen atoms in total. The predicted octanol–water partition coefficient (Wildman–Crippen LogP) is 2.81. The summed E-state index contributed by atoms with van der Waals surface area (Å²) in [5, 5.41) is 2.79. The normalized spacial score (nSPS) is 11.1. The highest BCUT2D eigenvalue weighted by atomic mass is 79.9. The Labute approximate surface area is 135 Å². The molecule has 112 valence electrons. The van der Waals surface area contributed by atoms with Gasteiger partial charge in [0.2, 0.25) is 10.0 Å². The van der Waals surface area contributed by atoms with E-state index < -0.39 is 10.0 Å². The maximum Gasteiger partial charge on any atom is 0.251 e. The van der Waals surface area contributed by atoms with E-state index in [4.69, 9.17) is 0 Å². The first-order chi connectivity index (χ1) is 9.83. The minimum absolute atomic E-state index is 0.253. The van der Waals surface area contributed by atoms with Crippen LogP contribution in [0.3, 0.4) is 0 Å². The van der Waals surface area contributed by atoms with Gasteiger partial charge in [-0.3, -0.25) is 9.52 Å². The van der Waals surface area contributed by atoms with Crippen LogP contribution in [0.4, 0.5) is 5.69 Å². The van der Waals surface area contributed by atoms with Gasteiger partial charge in [0.15, 0.2) is 0 Å². The number of hydrogen-bond acceptors (Lipinski definition) is 4. The highest BCUT2D eigenvalue weighted by Gasteiger charge is 2.08. The van der Waals surface area contributed by atoms with Gasteiger partial charge >= 0.3 is 0 Å². The van der Waals surface area contributed by atoms with Gasteiger partial charge in [-0.1, -0.05) is 6.07 Å². The molecule has 0 radical (unpaired) electrons. The number of amides is 1. The molecule has 0 unspecified atom stereocenters. The van der Waals surface area contributed by atoms with Gasteiger partial charge in [0, 0.05) is 16.1 Å². The molecule has 0 saturated carbocycles. The van der Waals surface area contributed by atoms with Crippen LogP contribution in [0.15, 0.2) is 40.2 Å². The fraction of sp³-hybridized carbons (Fsp3) is 0.154. The number of benzene rings is 1. The van der Waals surface area contributed by atoms with Gasteiger partial charge in [-0.25, -0.2) is 8.42 Å². The monoisotopic (exact) mass is 388 g/mol. The Bertz CT molecular complexity index is 756. The standard InChI is InChI=1S/C13H13BrN2O3S2/c1-21(18,19)16-10-4-2-3-9(7-10)13(17)15-8-11-5-6-12(14)20-11/h2-7,16H,8H2,1H3,(H,15,17). The van der Waals surface area contributed by atoms with E-state index in [1.54, 1.807) is 29.5 Å². The van der Waals surface area contributed by atoms with E-state index in [1.807, 2.05) is 12.1 Å². The molecule has 0 fully saturated rings. The van der Waals surface area contributed by atoms with Gasteiger partial charge < -0.3 is 5.32 Å². The quantitative estimate of drug-likeness (QED) is 0.826. The Morgan fingerprint density at radius 2 is 2.05 bits per heavy atom. The topological polar surface area (TPSA) is 75.3 Å². The largest absolute Gasteiger partial charge is 0.347 e. The molecule has 2 aromatic rings. The third kappa shape index (κ3) is 5.14. The summed E-state index contributed by atoms with van der Waals surface area (Å²) in [6.07, 6.45) is 1.06. The van der Waals surface area contributed by atoms with Crippen molar-refractivity contribution in [2.45, 2.75) is 6.54 Å². The highest BCUT2D eigenvalue weighted by molar-refractivity contribution is 9.11. The Kier molecular flexibility index (Phi) is 5.02. The lowest BCUT2D eigenvalue weighted by Crippen LogP contribution is -2.22. The second-order valence-corrected chi connectivity index (χ2v) is 8.64. The van der Waals surface area contributed by atoms with E-state index in [1.165, 1.54) is 6.07 Å². The summed E-state index contributed by atoms with van der Waals surface area (Å²) in [7, 11) is -3.36. The molecule has 21 heavy (non-hydrogen) atoms. The molecule has 2 N–H and O–H groups in total. The van der Waals surface area contributed by atoms with Crippen LogP contribution in [0.1, 0.15) is 15.2 Å². The van der Waals surface area contributed by atoms with Crippen LogP contribution in [0, 0.1) is 0 Å². The lowest BCUT2D eigenvalue weighted by atomic mass is 10.2. The molecule has 0 aliphatic carbocycles. The zero-order chi connectivity index (χ0) is 15.5. The second-order valence-electron chi connectivity index (χ2n) is 4.34. The minimum atomic E-state index is -3.36. The van der Waals surface area contributed by atoms with Crippen molar-refractivity contribution in [1.29, 1.82) is 0 Å². The van der Waals surface area contributed by atoms with Crippen molar-refractivity contribution in [2.24, 2.45) is 0 Å². The van der Waals surface area contributed by atoms with Gasteiger partial charge in [0.05, 0.1) is 16.6 Å². The molecular weight excluding hydrogens is 376 g/mol. The molecule has 0 bridgehead atoms. The van der Waals surface area contributed by atoms with Crippen LogP contribution in [0.2, 0.25) is 0 Å². The minimum Gasteiger partial charge on any atom is -0.347 e. The fourth-order valence-electron chi connectivity index (χ4n) is 1.65. The summed E-state index contributed by atoms with van der Waals surface area (Å²) in [6, 6.07) is 10.2. The molecule has 1 aromatic carbocycles. The number of carbonyl (C=O) groups excluding carboxylic acids is 1. The van der Waals surface area contributed by atoms with E-state index in [-0.39, 0.29) is 5.91 Å². The van der Waals surface area contributed by atoms with Crippen molar-refractivity contribution in [3.63, 3.8) is 0 Å². The Balaban J connectivity index is 2.03. The molecule has 0 saturated heterocycles. The van der Waals surface area contributed by atoms with Crippen LogP contribution in [0.5, 0.6) is 0 Å². The van der Waals surface area contributed by atoms with Gasteiger partial charge in [0.25, 0.3) is 5.91 Å². The van der Waals surface area contributed by atoms with Crippen LogP contribution in [0.25, 0.3) is 0 Å². The first-order valence-electron chi connectivity index (χ1n) is 5.94. The van der Waals surface area contributed by atoms with Gasteiger partial charge in [-0.05, 0) is 46.3 Å². The van der Waals surface area contributed by atoms with Crippen molar-refractivity contribution in [3.05, 3.63) is 50.6 Å². The van der Waals surface area contributed by atoms with Gasteiger partial charge in [-0.15, -0.1) is 11.3 Å². The summed E-state index contributed by atoms with van der Waals surface area (Å²) in [4.78, 5) is 13.1. The van der Waals surface area contributed by atoms with E-state index in [0.29, 0.717) is 17.8 Å². The second kappa shape index (κ2) is 6.59. The first kappa shape index (κ1) is 16.0. The van der Waals surface area contributed by atoms with Crippen molar-refractivity contribution in [1.82, 2.24) is 5.32 Å². The van der Waals surface area contributed by atoms with Gasteiger partial charge in [-0.2, -0.15) is 0 Å². The number of nitrogens with one attached hydrogen (secondary N) is 2. The lowest BCUT2D eigenvalue weighted by molar-refractivity contribution is 0.0951. The molecule has 0 atom stereocenters. The number of rotatable bonds is 5. The van der Waals surface area contributed by atoms with Crippen LogP contribution >= 0.6 is 27.3 Å². The number of hydrogen-bond donors (Lipinski definition) is 2. The van der Waals surface area contributed by atoms with E-state index in [9.17, 15) is 13.2 Å². The Morgan fingerprint density at radius 1 is 1.29 bits per heavy atom. The summed E-state index contributed by atoms with van der Waals surface area (Å²) in [6.45, 7) is 0.429. The molecule has 1 amide bonds. The van der Waals surface area contributed by atoms with Crippen molar-refractivity contribution >= 4 is 48.9 Å². The summed E-state index contributed by atoms with van der Waals surface area (Å²) in [5.74, 6) is -0.253. The highest BCUT2D eigenvalue weighted by Crippen LogP contribution is 2.21. The van der Waals surface area contributed by atoms with Crippen molar-refractivity contribution < 1.29 is 13.2 Å². The molecular formula is C13H13BrN2O3S2. The summed E-state index contributed by atoms with van der Waals surface area (Å²) >= 11 is 4.91. The van der Waals surface area contributed by atoms with Crippen molar-refractivity contribution in [2.75, 3.05) is 11.0 Å². The number of thiophene rings is 1. The zero-order valence-electron chi connectivity index (χ0n) is 11.1. The number of sulfonamides is 1. The van der Waals surface area contributed by atoms with Crippen LogP contribution < -0.4 is 10.0 Å². The first-order valence-corrected chi connectivity index (χ1v) is 9.44. The number of anilines is 1. The molecule has 0 aliphatic heterocycles. The molecule has 1 heterocycles. The number of carbonyl (C=O) groups is 1. The third-order valence-electron chi connectivity index (χ3n) is 2.48. The van der Waals surface area contributed by atoms with E-state index in [2.05, 4.69) is 26.0 Å². The van der Waals surface area contributed by atoms with E-state index >= 15 is 0 Å². The average molecular weight is 389 g/mol. The molecule has 1 aromatic heterocycles. The summed E-state index contributed by atoms with van der Waals surface area (Å²) < 4.78 is 25.7. The maximum atomic E-state index is 12.0. The summed E-state index contributed by atoms with van der Waals surface area (Å²) in [5.41, 5.74) is 0.767. The molecule has 0 spiro atoms. The van der Waals surface area contributed by atoms with Crippen molar-refractivity contribution in [3.8, 4) is 0 Å². The fourth-order valence-corrected chi connectivity index (χ4v) is 3.63. The predicted molar refractivity (Wildman–Crippen MR) is 88.1 cm³/mol. The van der Waals surface area contributed by atoms with Crippen LogP contribution in [-0.2, 0) is 16.6 Å². The SMILES string of the molecule is CS(=O)(=O)Nc1cccc(C(=O)NCc2ccc(Br)s2)c1. The average Bonchev–Trinajstić information content (AvgIpc) is 2.80. The van der Waals surface area contributed by atoms with Crippen LogP contribution in [-0.4, -0.2) is 20.6 Å². The third-order valence-corrected chi connectivity index (χ3v) is 4.71. The Morgan fingerprint density at radius 3 is 2.67 bits per heavy atom. The Hall–Kier alpha value is -1.38. The maximum absolute atomic E-state index is 12.0. The molecule has 8 heteroatoms. The smallest absolute Gasteiger partial charge is 0.251 e. The van der Waals surface area contributed by atoms with Gasteiger partial charge in [0.1, 0.15) is 0 Å². The zero-order valence-corrected chi connectivity index (χ0v) is 14.3. The molecule has 2 rings (SSSR count). The van der Waals surface area contributed by atoms with E-state index in [0.717, 1.165) is 14.9 Å². The lowest BCUT2D eigenvalue weighted by Gasteiger charge is -2.07. The molecule has 0 aliphatic rings.